The molecule has 1 aliphatic heterocycles. The van der Waals surface area contributed by atoms with Crippen LogP contribution < -0.4 is 4.74 Å². The number of sulfone groups is 1. The fourth-order valence-corrected chi connectivity index (χ4v) is 6.16. The van der Waals surface area contributed by atoms with Gasteiger partial charge in [-0.3, -0.25) is 4.79 Å². The van der Waals surface area contributed by atoms with Crippen molar-refractivity contribution in [3.63, 3.8) is 0 Å². The van der Waals surface area contributed by atoms with Crippen LogP contribution in [0.15, 0.2) is 29.4 Å². The van der Waals surface area contributed by atoms with E-state index in [-0.39, 0.29) is 30.1 Å². The highest BCUT2D eigenvalue weighted by Crippen LogP contribution is 2.27. The van der Waals surface area contributed by atoms with Crippen molar-refractivity contribution in [2.24, 2.45) is 7.05 Å². The van der Waals surface area contributed by atoms with E-state index in [4.69, 9.17) is 16.3 Å². The molecule has 30 heavy (non-hydrogen) atoms. The topological polar surface area (TPSA) is 94.4 Å². The summed E-state index contributed by atoms with van der Waals surface area (Å²) < 4.78 is 31.1. The summed E-state index contributed by atoms with van der Waals surface area (Å²) in [6, 6.07) is 6.93. The highest BCUT2D eigenvalue weighted by molar-refractivity contribution is 8.00. The molecule has 164 valence electrons. The minimum absolute atomic E-state index is 0.0391. The van der Waals surface area contributed by atoms with Gasteiger partial charge in [0, 0.05) is 19.6 Å². The Kier molecular flexibility index (Phi) is 7.30. The lowest BCUT2D eigenvalue weighted by molar-refractivity contribution is -0.131. The van der Waals surface area contributed by atoms with Gasteiger partial charge in [0.2, 0.25) is 5.91 Å². The zero-order valence-electron chi connectivity index (χ0n) is 17.1. The second-order valence-electron chi connectivity index (χ2n) is 7.12. The summed E-state index contributed by atoms with van der Waals surface area (Å²) in [6.07, 6.45) is 0.493. The average Bonchev–Trinajstić information content (AvgIpc) is 3.24. The number of carbonyl (C=O) groups is 1. The van der Waals surface area contributed by atoms with Crippen LogP contribution in [0.2, 0.25) is 5.02 Å². The summed E-state index contributed by atoms with van der Waals surface area (Å²) >= 11 is 7.40. The summed E-state index contributed by atoms with van der Waals surface area (Å²) in [7, 11) is -1.24. The van der Waals surface area contributed by atoms with Crippen LogP contribution in [0.25, 0.3) is 0 Å². The van der Waals surface area contributed by atoms with Crippen LogP contribution in [0, 0.1) is 0 Å². The van der Waals surface area contributed by atoms with Crippen molar-refractivity contribution in [2.75, 3.05) is 18.1 Å². The monoisotopic (exact) mass is 472 g/mol. The molecule has 2 aromatic rings. The van der Waals surface area contributed by atoms with Crippen LogP contribution in [0.4, 0.5) is 0 Å². The van der Waals surface area contributed by atoms with Crippen LogP contribution in [-0.2, 0) is 28.3 Å². The number of nitrogens with zero attached hydrogens (tertiary/aromatic N) is 4. The lowest BCUT2D eigenvalue weighted by Crippen LogP contribution is -2.44. The van der Waals surface area contributed by atoms with Crippen molar-refractivity contribution in [1.82, 2.24) is 19.7 Å². The number of ether oxygens (including phenoxy) is 1. The molecule has 1 saturated heterocycles. The van der Waals surface area contributed by atoms with Crippen LogP contribution in [0.1, 0.15) is 26.1 Å². The molecule has 11 heteroatoms. The molecule has 0 spiro atoms. The third kappa shape index (κ3) is 5.28. The van der Waals surface area contributed by atoms with Gasteiger partial charge in [-0.1, -0.05) is 35.5 Å². The Balaban J connectivity index is 1.63. The van der Waals surface area contributed by atoms with Gasteiger partial charge in [0.05, 0.1) is 21.8 Å². The van der Waals surface area contributed by atoms with Crippen LogP contribution in [-0.4, -0.2) is 63.3 Å². The number of amides is 1. The van der Waals surface area contributed by atoms with E-state index in [1.807, 2.05) is 26.1 Å². The fraction of sp³-hybridized carbons (Fsp3) is 0.526. The molecule has 8 nitrogen and oxygen atoms in total. The summed E-state index contributed by atoms with van der Waals surface area (Å²) in [4.78, 5) is 14.6. The Morgan fingerprint density at radius 2 is 2.13 bits per heavy atom. The molecule has 1 fully saturated rings. The Hall–Kier alpha value is -1.78. The van der Waals surface area contributed by atoms with E-state index < -0.39 is 15.1 Å². The minimum Gasteiger partial charge on any atom is -0.484 e. The maximum absolute atomic E-state index is 13.0. The molecule has 1 aromatic carbocycles. The largest absolute Gasteiger partial charge is 0.484 e. The molecule has 0 N–H and O–H groups in total. The standard InChI is InChI=1S/C19H25ClN4O4S2/c1-4-24(14-9-10-30(26,27)12-14)18(25)13(2)29-19-22-21-17(23(19)3)11-28-16-8-6-5-7-15(16)20/h5-8,13-14H,4,9-12H2,1-3H3/t13-,14+/m0/s1. The molecular formula is C19H25ClN4O4S2. The molecule has 1 amide bonds. The zero-order valence-corrected chi connectivity index (χ0v) is 19.5. The van der Waals surface area contributed by atoms with Gasteiger partial charge in [-0.25, -0.2) is 8.42 Å². The third-order valence-corrected chi connectivity index (χ3v) is 8.21. The van der Waals surface area contributed by atoms with E-state index >= 15 is 0 Å². The van der Waals surface area contributed by atoms with Gasteiger partial charge in [0.1, 0.15) is 12.4 Å². The van der Waals surface area contributed by atoms with Gasteiger partial charge in [-0.15, -0.1) is 10.2 Å². The Morgan fingerprint density at radius 3 is 2.77 bits per heavy atom. The van der Waals surface area contributed by atoms with Crippen molar-refractivity contribution in [2.45, 2.75) is 43.3 Å². The number of benzene rings is 1. The third-order valence-electron chi connectivity index (χ3n) is 5.02. The SMILES string of the molecule is CCN(C(=O)[C@H](C)Sc1nnc(COc2ccccc2Cl)n1C)[C@@H]1CCS(=O)(=O)C1. The maximum atomic E-state index is 13.0. The lowest BCUT2D eigenvalue weighted by atomic mass is 10.2. The van der Waals surface area contributed by atoms with E-state index in [2.05, 4.69) is 10.2 Å². The van der Waals surface area contributed by atoms with E-state index in [1.54, 1.807) is 28.5 Å². The number of carbonyl (C=O) groups excluding carboxylic acids is 1. The fourth-order valence-electron chi connectivity index (χ4n) is 3.33. The zero-order chi connectivity index (χ0) is 21.9. The smallest absolute Gasteiger partial charge is 0.236 e. The summed E-state index contributed by atoms with van der Waals surface area (Å²) in [6.45, 7) is 4.33. The van der Waals surface area contributed by atoms with Crippen molar-refractivity contribution >= 4 is 39.1 Å². The van der Waals surface area contributed by atoms with Gasteiger partial charge in [0.25, 0.3) is 0 Å². The van der Waals surface area contributed by atoms with E-state index in [0.717, 1.165) is 0 Å². The van der Waals surface area contributed by atoms with Crippen molar-refractivity contribution in [3.8, 4) is 5.75 Å². The summed E-state index contributed by atoms with van der Waals surface area (Å²) in [5.74, 6) is 1.25. The second-order valence-corrected chi connectivity index (χ2v) is 11.1. The minimum atomic E-state index is -3.05. The van der Waals surface area contributed by atoms with E-state index in [1.165, 1.54) is 11.8 Å². The maximum Gasteiger partial charge on any atom is 0.236 e. The normalized spacial score (nSPS) is 18.9. The predicted octanol–water partition coefficient (Wildman–Crippen LogP) is 2.56. The number of thioether (sulfide) groups is 1. The molecule has 0 aliphatic carbocycles. The first-order valence-electron chi connectivity index (χ1n) is 9.65. The van der Waals surface area contributed by atoms with E-state index in [9.17, 15) is 13.2 Å². The van der Waals surface area contributed by atoms with Crippen LogP contribution >= 0.6 is 23.4 Å². The van der Waals surface area contributed by atoms with Gasteiger partial charge in [0.15, 0.2) is 20.8 Å². The van der Waals surface area contributed by atoms with E-state index in [0.29, 0.717) is 34.7 Å². The summed E-state index contributed by atoms with van der Waals surface area (Å²) in [5.41, 5.74) is 0. The predicted molar refractivity (Wildman–Crippen MR) is 117 cm³/mol. The van der Waals surface area contributed by atoms with Crippen LogP contribution in [0.3, 0.4) is 0 Å². The average molecular weight is 473 g/mol. The molecule has 3 rings (SSSR count). The highest BCUT2D eigenvalue weighted by atomic mass is 35.5. The van der Waals surface area contributed by atoms with Gasteiger partial charge < -0.3 is 14.2 Å². The van der Waals surface area contributed by atoms with Crippen molar-refractivity contribution < 1.29 is 17.9 Å². The van der Waals surface area contributed by atoms with Crippen molar-refractivity contribution in [3.05, 3.63) is 35.1 Å². The molecule has 0 bridgehead atoms. The number of hydrogen-bond donors (Lipinski definition) is 0. The van der Waals surface area contributed by atoms with Crippen LogP contribution in [0.5, 0.6) is 5.75 Å². The first-order valence-corrected chi connectivity index (χ1v) is 12.7. The quantitative estimate of drug-likeness (QED) is 0.545. The first-order chi connectivity index (χ1) is 14.2. The molecule has 0 radical (unpaired) electrons. The Bertz CT molecular complexity index is 1010. The van der Waals surface area contributed by atoms with Crippen molar-refractivity contribution in [1.29, 1.82) is 0 Å². The second kappa shape index (κ2) is 9.57. The molecule has 1 aromatic heterocycles. The highest BCUT2D eigenvalue weighted by Gasteiger charge is 2.35. The number of halogens is 1. The first kappa shape index (κ1) is 22.9. The Labute approximate surface area is 185 Å². The van der Waals surface area contributed by atoms with Gasteiger partial charge >= 0.3 is 0 Å². The van der Waals surface area contributed by atoms with Gasteiger partial charge in [-0.05, 0) is 32.4 Å². The molecule has 0 saturated carbocycles. The number of aromatic nitrogens is 3. The molecule has 1 aliphatic rings. The number of hydrogen-bond acceptors (Lipinski definition) is 7. The molecular weight excluding hydrogens is 448 g/mol. The molecule has 2 atom stereocenters. The summed E-state index contributed by atoms with van der Waals surface area (Å²) in [5, 5.41) is 9.01. The lowest BCUT2D eigenvalue weighted by Gasteiger charge is -2.29. The molecule has 2 heterocycles. The Morgan fingerprint density at radius 1 is 1.40 bits per heavy atom. The number of rotatable bonds is 8. The molecule has 0 unspecified atom stereocenters. The van der Waals surface area contributed by atoms with Gasteiger partial charge in [-0.2, -0.15) is 0 Å². The number of para-hydroxylation sites is 1.